The number of hydrogen-bond donors (Lipinski definition) is 3. The van der Waals surface area contributed by atoms with Crippen LogP contribution in [-0.4, -0.2) is 27.0 Å². The van der Waals surface area contributed by atoms with E-state index < -0.39 is 0 Å². The predicted octanol–water partition coefficient (Wildman–Crippen LogP) is 8.15. The van der Waals surface area contributed by atoms with E-state index in [1.54, 1.807) is 24.3 Å². The third-order valence-electron chi connectivity index (χ3n) is 6.66. The van der Waals surface area contributed by atoms with E-state index in [0.29, 0.717) is 45.7 Å². The first-order chi connectivity index (χ1) is 19.8. The normalized spacial score (nSPS) is 13.2. The molecule has 1 aliphatic carbocycles. The minimum absolute atomic E-state index is 0.0319. The van der Waals surface area contributed by atoms with E-state index in [4.69, 9.17) is 34.8 Å². The maximum atomic E-state index is 12.4. The SMILES string of the molecule is CC1CCCCC1.O=C(CNc1cc(-n2cccc2)nc(NCc2cccc(Cl)c2)n1)NCc1cc(Cl)cc(Cl)c1. The number of rotatable bonds is 9. The Kier molecular flexibility index (Phi) is 11.7. The zero-order chi connectivity index (χ0) is 29.0. The van der Waals surface area contributed by atoms with Crippen molar-refractivity contribution in [3.63, 3.8) is 0 Å². The average molecular weight is 614 g/mol. The highest BCUT2D eigenvalue weighted by molar-refractivity contribution is 6.34. The molecule has 1 aliphatic rings. The van der Waals surface area contributed by atoms with Crippen LogP contribution in [0.3, 0.4) is 0 Å². The van der Waals surface area contributed by atoms with E-state index in [-0.39, 0.29) is 12.5 Å². The largest absolute Gasteiger partial charge is 0.361 e. The summed E-state index contributed by atoms with van der Waals surface area (Å²) >= 11 is 18.1. The maximum absolute atomic E-state index is 12.4. The van der Waals surface area contributed by atoms with Crippen LogP contribution in [-0.2, 0) is 17.9 Å². The minimum atomic E-state index is -0.203. The molecule has 216 valence electrons. The lowest BCUT2D eigenvalue weighted by Gasteiger charge is -2.15. The number of halogens is 3. The Hall–Kier alpha value is -3.26. The standard InChI is InChI=1S/C24H21Cl3N6O.C7H14/c25-18-5-3-4-16(8-18)13-30-24-31-21(12-22(32-24)33-6-1-2-7-33)28-15-23(34)29-14-17-9-19(26)11-20(27)10-17;1-7-5-3-2-4-6-7/h1-12H,13-15H2,(H,29,34)(H2,28,30,31,32);7H,2-6H2,1H3. The van der Waals surface area contributed by atoms with Gasteiger partial charge in [-0.05, 0) is 59.5 Å². The number of carbonyl (C=O) groups is 1. The zero-order valence-electron chi connectivity index (χ0n) is 23.0. The summed E-state index contributed by atoms with van der Waals surface area (Å²) in [4.78, 5) is 21.5. The second kappa shape index (κ2) is 15.7. The van der Waals surface area contributed by atoms with Crippen molar-refractivity contribution >= 4 is 52.5 Å². The molecule has 0 aliphatic heterocycles. The van der Waals surface area contributed by atoms with Crippen molar-refractivity contribution in [2.24, 2.45) is 5.92 Å². The number of nitrogens with zero attached hydrogens (tertiary/aromatic N) is 3. The van der Waals surface area contributed by atoms with Crippen molar-refractivity contribution in [2.75, 3.05) is 17.2 Å². The van der Waals surface area contributed by atoms with E-state index in [0.717, 1.165) is 17.0 Å². The molecule has 4 aromatic rings. The predicted molar refractivity (Wildman–Crippen MR) is 169 cm³/mol. The minimum Gasteiger partial charge on any atom is -0.361 e. The second-order valence-electron chi connectivity index (χ2n) is 10.2. The molecule has 0 spiro atoms. The molecule has 10 heteroatoms. The van der Waals surface area contributed by atoms with Crippen molar-refractivity contribution < 1.29 is 4.79 Å². The summed E-state index contributed by atoms with van der Waals surface area (Å²) in [7, 11) is 0. The molecule has 0 atom stereocenters. The van der Waals surface area contributed by atoms with Crippen LogP contribution in [0.5, 0.6) is 0 Å². The van der Waals surface area contributed by atoms with E-state index in [9.17, 15) is 4.79 Å². The lowest BCUT2D eigenvalue weighted by Crippen LogP contribution is -2.29. The molecule has 3 N–H and O–H groups in total. The van der Waals surface area contributed by atoms with Gasteiger partial charge in [0.25, 0.3) is 0 Å². The summed E-state index contributed by atoms with van der Waals surface area (Å²) in [5, 5.41) is 10.8. The number of nitrogens with one attached hydrogen (secondary N) is 3. The van der Waals surface area contributed by atoms with Crippen LogP contribution in [0, 0.1) is 5.92 Å². The summed E-state index contributed by atoms with van der Waals surface area (Å²) in [5.41, 5.74) is 1.81. The van der Waals surface area contributed by atoms with Crippen LogP contribution in [0.25, 0.3) is 5.82 Å². The van der Waals surface area contributed by atoms with Gasteiger partial charge in [0.05, 0.1) is 6.54 Å². The van der Waals surface area contributed by atoms with Crippen LogP contribution in [0.4, 0.5) is 11.8 Å². The second-order valence-corrected chi connectivity index (χ2v) is 11.5. The van der Waals surface area contributed by atoms with Crippen molar-refractivity contribution in [3.05, 3.63) is 99.3 Å². The van der Waals surface area contributed by atoms with Crippen LogP contribution in [0.2, 0.25) is 15.1 Å². The molecule has 2 aromatic heterocycles. The molecule has 0 saturated heterocycles. The van der Waals surface area contributed by atoms with Gasteiger partial charge in [-0.15, -0.1) is 0 Å². The first kappa shape index (κ1) is 30.7. The van der Waals surface area contributed by atoms with Gasteiger partial charge in [0.2, 0.25) is 11.9 Å². The van der Waals surface area contributed by atoms with Gasteiger partial charge in [0, 0.05) is 46.6 Å². The molecule has 7 nitrogen and oxygen atoms in total. The first-order valence-corrected chi connectivity index (χ1v) is 14.9. The number of hydrogen-bond acceptors (Lipinski definition) is 5. The summed E-state index contributed by atoms with van der Waals surface area (Å²) in [6, 6.07) is 18.3. The van der Waals surface area contributed by atoms with Crippen molar-refractivity contribution in [3.8, 4) is 5.82 Å². The van der Waals surface area contributed by atoms with Crippen LogP contribution >= 0.6 is 34.8 Å². The molecule has 5 rings (SSSR count). The number of anilines is 2. The number of benzene rings is 2. The Morgan fingerprint density at radius 2 is 1.54 bits per heavy atom. The lowest BCUT2D eigenvalue weighted by molar-refractivity contribution is -0.119. The fourth-order valence-electron chi connectivity index (χ4n) is 4.51. The monoisotopic (exact) mass is 612 g/mol. The highest BCUT2D eigenvalue weighted by Crippen LogP contribution is 2.22. The van der Waals surface area contributed by atoms with Crippen LogP contribution < -0.4 is 16.0 Å². The van der Waals surface area contributed by atoms with E-state index in [2.05, 4.69) is 32.8 Å². The Morgan fingerprint density at radius 3 is 2.20 bits per heavy atom. The van der Waals surface area contributed by atoms with Gasteiger partial charge in [-0.3, -0.25) is 4.79 Å². The van der Waals surface area contributed by atoms with Crippen LogP contribution in [0.15, 0.2) is 73.1 Å². The summed E-state index contributed by atoms with van der Waals surface area (Å²) < 4.78 is 1.86. The Balaban J connectivity index is 0.000000483. The molecule has 1 saturated carbocycles. The highest BCUT2D eigenvalue weighted by Gasteiger charge is 2.09. The van der Waals surface area contributed by atoms with Gasteiger partial charge in [0.1, 0.15) is 11.6 Å². The number of aromatic nitrogens is 3. The molecule has 2 aromatic carbocycles. The maximum Gasteiger partial charge on any atom is 0.239 e. The van der Waals surface area contributed by atoms with Gasteiger partial charge in [-0.25, -0.2) is 0 Å². The molecule has 0 radical (unpaired) electrons. The third kappa shape index (κ3) is 10.6. The Labute approximate surface area is 256 Å². The molecular weight excluding hydrogens is 579 g/mol. The number of carbonyl (C=O) groups excluding carboxylic acids is 1. The summed E-state index contributed by atoms with van der Waals surface area (Å²) in [6.45, 7) is 3.20. The van der Waals surface area contributed by atoms with Crippen molar-refractivity contribution in [2.45, 2.75) is 52.1 Å². The molecule has 41 heavy (non-hydrogen) atoms. The van der Waals surface area contributed by atoms with E-state index in [1.807, 2.05) is 53.4 Å². The molecule has 2 heterocycles. The summed E-state index contributed by atoms with van der Waals surface area (Å²) in [5.74, 6) is 2.42. The molecule has 0 bridgehead atoms. The zero-order valence-corrected chi connectivity index (χ0v) is 25.3. The van der Waals surface area contributed by atoms with Crippen LogP contribution in [0.1, 0.15) is 50.2 Å². The molecule has 1 amide bonds. The van der Waals surface area contributed by atoms with Crippen molar-refractivity contribution in [1.29, 1.82) is 0 Å². The summed E-state index contributed by atoms with van der Waals surface area (Å²) in [6.07, 6.45) is 11.2. The van der Waals surface area contributed by atoms with Gasteiger partial charge >= 0.3 is 0 Å². The molecular formula is C31H35Cl3N6O. The van der Waals surface area contributed by atoms with Crippen molar-refractivity contribution in [1.82, 2.24) is 19.9 Å². The van der Waals surface area contributed by atoms with Gasteiger partial charge < -0.3 is 20.5 Å². The van der Waals surface area contributed by atoms with E-state index in [1.165, 1.54) is 32.1 Å². The topological polar surface area (TPSA) is 83.9 Å². The lowest BCUT2D eigenvalue weighted by atomic mass is 9.91. The van der Waals surface area contributed by atoms with Gasteiger partial charge in [-0.2, -0.15) is 9.97 Å². The van der Waals surface area contributed by atoms with Gasteiger partial charge in [-0.1, -0.05) is 86.0 Å². The quantitative estimate of drug-likeness (QED) is 0.177. The average Bonchev–Trinajstić information content (AvgIpc) is 3.50. The highest BCUT2D eigenvalue weighted by atomic mass is 35.5. The molecule has 1 fully saturated rings. The Bertz CT molecular complexity index is 1390. The van der Waals surface area contributed by atoms with E-state index >= 15 is 0 Å². The fraction of sp³-hybridized carbons (Fsp3) is 0.323. The molecule has 0 unspecified atom stereocenters. The smallest absolute Gasteiger partial charge is 0.239 e. The van der Waals surface area contributed by atoms with Gasteiger partial charge in [0.15, 0.2) is 0 Å². The fourth-order valence-corrected chi connectivity index (χ4v) is 5.29. The Morgan fingerprint density at radius 1 is 0.829 bits per heavy atom. The first-order valence-electron chi connectivity index (χ1n) is 13.8. The number of amides is 1. The third-order valence-corrected chi connectivity index (χ3v) is 7.33.